The predicted octanol–water partition coefficient (Wildman–Crippen LogP) is 3.93. The van der Waals surface area contributed by atoms with Crippen molar-refractivity contribution in [3.63, 3.8) is 0 Å². The molecular formula is C19H28N2O. The molecule has 0 aromatic heterocycles. The third-order valence-corrected chi connectivity index (χ3v) is 4.39. The third kappa shape index (κ3) is 3.99. The molecule has 0 saturated heterocycles. The molecule has 2 aromatic carbocycles. The van der Waals surface area contributed by atoms with E-state index in [2.05, 4.69) is 37.1 Å². The third-order valence-electron chi connectivity index (χ3n) is 4.39. The molecular weight excluding hydrogens is 272 g/mol. The standard InChI is InChI=1S/C19H28N2O/c1-4-21(5-2)14-8-13-20-15(3)17-12-11-16-9-6-7-10-18(16)19(17)22/h6-7,9-12,15,20,22H,4-5,8,13-14H2,1-3H3. The molecule has 0 amide bonds. The van der Waals surface area contributed by atoms with Gasteiger partial charge in [-0.3, -0.25) is 0 Å². The van der Waals surface area contributed by atoms with Crippen LogP contribution in [0.25, 0.3) is 10.8 Å². The van der Waals surface area contributed by atoms with Crippen LogP contribution in [-0.4, -0.2) is 36.2 Å². The molecule has 22 heavy (non-hydrogen) atoms. The first-order chi connectivity index (χ1) is 10.7. The van der Waals surface area contributed by atoms with E-state index < -0.39 is 0 Å². The average Bonchev–Trinajstić information content (AvgIpc) is 2.55. The molecule has 1 unspecified atom stereocenters. The first-order valence-electron chi connectivity index (χ1n) is 8.33. The summed E-state index contributed by atoms with van der Waals surface area (Å²) < 4.78 is 0. The fraction of sp³-hybridized carbons (Fsp3) is 0.474. The van der Waals surface area contributed by atoms with Gasteiger partial charge in [0.25, 0.3) is 0 Å². The van der Waals surface area contributed by atoms with Gasteiger partial charge in [-0.15, -0.1) is 0 Å². The van der Waals surface area contributed by atoms with Crippen molar-refractivity contribution in [3.8, 4) is 5.75 Å². The van der Waals surface area contributed by atoms with Gasteiger partial charge in [-0.2, -0.15) is 0 Å². The summed E-state index contributed by atoms with van der Waals surface area (Å²) >= 11 is 0. The normalized spacial score (nSPS) is 12.9. The Morgan fingerprint density at radius 1 is 1.09 bits per heavy atom. The Bertz CT molecular complexity index is 593. The van der Waals surface area contributed by atoms with Crippen LogP contribution in [0.2, 0.25) is 0 Å². The van der Waals surface area contributed by atoms with Crippen molar-refractivity contribution < 1.29 is 5.11 Å². The lowest BCUT2D eigenvalue weighted by Crippen LogP contribution is -2.28. The van der Waals surface area contributed by atoms with Crippen LogP contribution in [0.4, 0.5) is 0 Å². The SMILES string of the molecule is CCN(CC)CCCNC(C)c1ccc2ccccc2c1O. The van der Waals surface area contributed by atoms with Gasteiger partial charge in [-0.25, -0.2) is 0 Å². The number of phenolic OH excluding ortho intramolecular Hbond substituents is 1. The molecule has 3 heteroatoms. The smallest absolute Gasteiger partial charge is 0.128 e. The van der Waals surface area contributed by atoms with Crippen molar-refractivity contribution in [1.29, 1.82) is 0 Å². The molecule has 0 aliphatic heterocycles. The molecule has 0 heterocycles. The maximum Gasteiger partial charge on any atom is 0.128 e. The number of hydrogen-bond acceptors (Lipinski definition) is 3. The first-order valence-corrected chi connectivity index (χ1v) is 8.33. The van der Waals surface area contributed by atoms with E-state index >= 15 is 0 Å². The van der Waals surface area contributed by atoms with Crippen LogP contribution < -0.4 is 5.32 Å². The van der Waals surface area contributed by atoms with Crippen LogP contribution in [0.5, 0.6) is 5.75 Å². The van der Waals surface area contributed by atoms with E-state index in [4.69, 9.17) is 0 Å². The molecule has 3 nitrogen and oxygen atoms in total. The predicted molar refractivity (Wildman–Crippen MR) is 94.4 cm³/mol. The van der Waals surface area contributed by atoms with Crippen LogP contribution in [0, 0.1) is 0 Å². The lowest BCUT2D eigenvalue weighted by molar-refractivity contribution is 0.296. The number of nitrogens with zero attached hydrogens (tertiary/aromatic N) is 1. The van der Waals surface area contributed by atoms with Crippen molar-refractivity contribution in [1.82, 2.24) is 10.2 Å². The Morgan fingerprint density at radius 2 is 1.82 bits per heavy atom. The van der Waals surface area contributed by atoms with Gasteiger partial charge in [-0.05, 0) is 44.9 Å². The van der Waals surface area contributed by atoms with Crippen molar-refractivity contribution in [2.75, 3.05) is 26.2 Å². The highest BCUT2D eigenvalue weighted by molar-refractivity contribution is 5.89. The van der Waals surface area contributed by atoms with Gasteiger partial charge >= 0.3 is 0 Å². The Balaban J connectivity index is 1.95. The number of benzene rings is 2. The molecule has 2 N–H and O–H groups in total. The van der Waals surface area contributed by atoms with Crippen molar-refractivity contribution in [2.45, 2.75) is 33.2 Å². The minimum atomic E-state index is 0.154. The van der Waals surface area contributed by atoms with E-state index in [0.717, 1.165) is 48.9 Å². The van der Waals surface area contributed by atoms with Gasteiger partial charge in [0.2, 0.25) is 0 Å². The van der Waals surface area contributed by atoms with Gasteiger partial charge in [-0.1, -0.05) is 50.2 Å². The molecule has 0 spiro atoms. The van der Waals surface area contributed by atoms with Gasteiger partial charge in [0, 0.05) is 17.0 Å². The molecule has 2 aromatic rings. The lowest BCUT2D eigenvalue weighted by Gasteiger charge is -2.20. The molecule has 0 aliphatic carbocycles. The molecule has 0 aliphatic rings. The van der Waals surface area contributed by atoms with Gasteiger partial charge < -0.3 is 15.3 Å². The molecule has 1 atom stereocenters. The van der Waals surface area contributed by atoms with Crippen LogP contribution >= 0.6 is 0 Å². The maximum atomic E-state index is 10.5. The van der Waals surface area contributed by atoms with Gasteiger partial charge in [0.05, 0.1) is 0 Å². The van der Waals surface area contributed by atoms with E-state index in [0.29, 0.717) is 5.75 Å². The zero-order valence-electron chi connectivity index (χ0n) is 14.0. The number of phenols is 1. The zero-order valence-corrected chi connectivity index (χ0v) is 14.0. The van der Waals surface area contributed by atoms with E-state index in [1.807, 2.05) is 30.3 Å². The van der Waals surface area contributed by atoms with Gasteiger partial charge in [0.1, 0.15) is 5.75 Å². The Labute approximate surface area is 134 Å². The molecule has 2 rings (SSSR count). The second-order valence-corrected chi connectivity index (χ2v) is 5.78. The maximum absolute atomic E-state index is 10.5. The number of nitrogens with one attached hydrogen (secondary N) is 1. The minimum Gasteiger partial charge on any atom is -0.507 e. The number of hydrogen-bond donors (Lipinski definition) is 2. The quantitative estimate of drug-likeness (QED) is 0.725. The summed E-state index contributed by atoms with van der Waals surface area (Å²) in [6, 6.07) is 12.2. The highest BCUT2D eigenvalue weighted by atomic mass is 16.3. The fourth-order valence-electron chi connectivity index (χ4n) is 2.89. The van der Waals surface area contributed by atoms with Crippen molar-refractivity contribution in [3.05, 3.63) is 42.0 Å². The largest absolute Gasteiger partial charge is 0.507 e. The molecule has 120 valence electrons. The fourth-order valence-corrected chi connectivity index (χ4v) is 2.89. The van der Waals surface area contributed by atoms with Crippen LogP contribution in [0.15, 0.2) is 36.4 Å². The highest BCUT2D eigenvalue weighted by Crippen LogP contribution is 2.32. The second-order valence-electron chi connectivity index (χ2n) is 5.78. The molecule has 0 bridgehead atoms. The Kier molecular flexibility index (Phi) is 6.22. The lowest BCUT2D eigenvalue weighted by atomic mass is 10.0. The molecule has 0 radical (unpaired) electrons. The highest BCUT2D eigenvalue weighted by Gasteiger charge is 2.12. The van der Waals surface area contributed by atoms with Gasteiger partial charge in [0.15, 0.2) is 0 Å². The summed E-state index contributed by atoms with van der Waals surface area (Å²) in [7, 11) is 0. The summed E-state index contributed by atoms with van der Waals surface area (Å²) in [6.45, 7) is 10.8. The van der Waals surface area contributed by atoms with E-state index in [1.165, 1.54) is 0 Å². The first kappa shape index (κ1) is 16.8. The monoisotopic (exact) mass is 300 g/mol. The van der Waals surface area contributed by atoms with E-state index in [1.54, 1.807) is 0 Å². The summed E-state index contributed by atoms with van der Waals surface area (Å²) in [5.41, 5.74) is 0.974. The summed E-state index contributed by atoms with van der Waals surface area (Å²) in [5.74, 6) is 0.404. The topological polar surface area (TPSA) is 35.5 Å². The van der Waals surface area contributed by atoms with Crippen LogP contribution in [0.1, 0.15) is 38.8 Å². The molecule has 0 fully saturated rings. The second kappa shape index (κ2) is 8.16. The van der Waals surface area contributed by atoms with Crippen LogP contribution in [-0.2, 0) is 0 Å². The van der Waals surface area contributed by atoms with E-state index in [9.17, 15) is 5.11 Å². The average molecular weight is 300 g/mol. The van der Waals surface area contributed by atoms with Crippen molar-refractivity contribution >= 4 is 10.8 Å². The Morgan fingerprint density at radius 3 is 2.55 bits per heavy atom. The minimum absolute atomic E-state index is 0.154. The number of aromatic hydroxyl groups is 1. The van der Waals surface area contributed by atoms with Crippen LogP contribution in [0.3, 0.4) is 0 Å². The summed E-state index contributed by atoms with van der Waals surface area (Å²) in [5, 5.41) is 16.0. The van der Waals surface area contributed by atoms with E-state index in [-0.39, 0.29) is 6.04 Å². The van der Waals surface area contributed by atoms with Crippen molar-refractivity contribution in [2.24, 2.45) is 0 Å². The molecule has 0 saturated carbocycles. The summed E-state index contributed by atoms with van der Waals surface area (Å²) in [6.07, 6.45) is 1.13. The summed E-state index contributed by atoms with van der Waals surface area (Å²) in [4.78, 5) is 2.43. The Hall–Kier alpha value is -1.58. The number of fused-ring (bicyclic) bond motifs is 1. The zero-order chi connectivity index (χ0) is 15.9. The number of rotatable bonds is 8.